The molecule has 2 aliphatic rings. The van der Waals surface area contributed by atoms with Crippen LogP contribution in [-0.2, 0) is 32.5 Å². The number of aromatic amines is 2. The van der Waals surface area contributed by atoms with Crippen LogP contribution in [0.5, 0.6) is 0 Å². The molecule has 5 nitrogen and oxygen atoms in total. The molecule has 0 saturated heterocycles. The van der Waals surface area contributed by atoms with E-state index in [0.29, 0.717) is 22.5 Å². The van der Waals surface area contributed by atoms with Crippen molar-refractivity contribution in [3.63, 3.8) is 0 Å². The topological polar surface area (TPSA) is 74.4 Å². The zero-order valence-electron chi connectivity index (χ0n) is 49.7. The summed E-state index contributed by atoms with van der Waals surface area (Å²) in [6.07, 6.45) is 6.44. The van der Waals surface area contributed by atoms with Crippen molar-refractivity contribution in [2.24, 2.45) is 0 Å². The summed E-state index contributed by atoms with van der Waals surface area (Å²) in [4.78, 5) is 34.7. The molecule has 0 radical (unpaired) electrons. The Hall–Kier alpha value is -7.37. The molecular weight excluding hydrogens is 949 g/mol. The molecule has 5 aromatic carbocycles. The average Bonchev–Trinajstić information content (AvgIpc) is 4.36. The van der Waals surface area contributed by atoms with Crippen molar-refractivity contribution in [2.75, 3.05) is 0 Å². The number of nitrogens with one attached hydrogen (secondary N) is 2. The zero-order valence-corrected chi connectivity index (χ0v) is 49.7. The predicted octanol–water partition coefficient (Wildman–Crippen LogP) is 19.8. The summed E-state index contributed by atoms with van der Waals surface area (Å²) in [5, 5.41) is 2.10. The molecular formula is C73H80N4O. The van der Waals surface area contributed by atoms with Crippen molar-refractivity contribution in [1.29, 1.82) is 0 Å². The Kier molecular flexibility index (Phi) is 13.1. The summed E-state index contributed by atoms with van der Waals surface area (Å²) >= 11 is 0. The summed E-state index contributed by atoms with van der Waals surface area (Å²) in [5.74, 6) is -0.0843. The molecule has 0 spiro atoms. The van der Waals surface area contributed by atoms with E-state index in [1.807, 2.05) is 42.5 Å². The highest BCUT2D eigenvalue weighted by atomic mass is 16.1. The number of hydrogen-bond acceptors (Lipinski definition) is 3. The number of H-pyrrole nitrogens is 2. The van der Waals surface area contributed by atoms with E-state index < -0.39 is 0 Å². The summed E-state index contributed by atoms with van der Waals surface area (Å²) < 4.78 is 0. The van der Waals surface area contributed by atoms with Crippen molar-refractivity contribution in [1.82, 2.24) is 19.9 Å². The van der Waals surface area contributed by atoms with Gasteiger partial charge in [0.2, 0.25) is 0 Å². The fraction of sp³-hybridized carbons (Fsp3) is 0.329. The van der Waals surface area contributed by atoms with Gasteiger partial charge in [0.15, 0.2) is 5.78 Å². The number of rotatable bonds is 5. The minimum absolute atomic E-state index is 0.0843. The molecule has 398 valence electrons. The first kappa shape index (κ1) is 54.0. The Bertz CT molecular complexity index is 3880. The minimum Gasteiger partial charge on any atom is -0.355 e. The van der Waals surface area contributed by atoms with Crippen molar-refractivity contribution in [3.05, 3.63) is 189 Å². The maximum atomic E-state index is 15.4. The molecule has 0 fully saturated rings. The lowest BCUT2D eigenvalue weighted by molar-refractivity contribution is 0.105. The van der Waals surface area contributed by atoms with Gasteiger partial charge in [-0.2, -0.15) is 0 Å². The Morgan fingerprint density at radius 1 is 0.372 bits per heavy atom. The molecule has 3 aromatic heterocycles. The van der Waals surface area contributed by atoms with E-state index >= 15 is 4.79 Å². The van der Waals surface area contributed by atoms with E-state index in [4.69, 9.17) is 9.97 Å². The lowest BCUT2D eigenvalue weighted by Crippen LogP contribution is -2.16. The number of fused-ring (bicyclic) bond motifs is 9. The first-order valence-corrected chi connectivity index (χ1v) is 28.0. The number of hydrogen-bond donors (Lipinski definition) is 2. The second-order valence-electron chi connectivity index (χ2n) is 28.3. The largest absolute Gasteiger partial charge is 0.355 e. The van der Waals surface area contributed by atoms with Gasteiger partial charge in [0.1, 0.15) is 0 Å². The number of Topliss-reactive ketones (excluding diaryl/α,β-unsaturated/α-hetero) is 1. The Labute approximate surface area is 464 Å². The molecule has 8 aromatic rings. The van der Waals surface area contributed by atoms with Gasteiger partial charge in [0.05, 0.1) is 28.3 Å². The van der Waals surface area contributed by atoms with E-state index in [0.717, 1.165) is 77.6 Å². The summed E-state index contributed by atoms with van der Waals surface area (Å²) in [6.45, 7) is 41.2. The Morgan fingerprint density at radius 3 is 1.18 bits per heavy atom. The van der Waals surface area contributed by atoms with Crippen LogP contribution in [0.2, 0.25) is 0 Å². The van der Waals surface area contributed by atoms with Crippen LogP contribution in [0.15, 0.2) is 127 Å². The van der Waals surface area contributed by atoms with Gasteiger partial charge >= 0.3 is 0 Å². The molecule has 0 atom stereocenters. The van der Waals surface area contributed by atoms with Gasteiger partial charge in [-0.05, 0) is 148 Å². The predicted molar refractivity (Wildman–Crippen MR) is 335 cm³/mol. The van der Waals surface area contributed by atoms with Gasteiger partial charge in [0.25, 0.3) is 0 Å². The molecule has 2 N–H and O–H groups in total. The molecule has 8 bridgehead atoms. The SMILES string of the molecule is CC(C)(C)c1cc(-c2c3nc(c(-c4cc(C(C)(C)C)cc(C(C)(C)C)c4)c4ccc([nH]4)c(-c4cc(C(C)(C)C)cc(C(C)(C)C)c4)c4nc(cc5ccc2[nH]5)C(C(=O)c2ccc5ccccc5c2)=C4)C=C3)cc(C(C)(C)C)c1. The van der Waals surface area contributed by atoms with Gasteiger partial charge in [-0.3, -0.25) is 4.79 Å². The number of carbonyl (C=O) groups is 1. The minimum atomic E-state index is -0.153. The average molecular weight is 1030 g/mol. The van der Waals surface area contributed by atoms with E-state index in [1.165, 1.54) is 33.4 Å². The number of carbonyl (C=O) groups excluding carboxylic acids is 1. The van der Waals surface area contributed by atoms with Crippen molar-refractivity contribution in [2.45, 2.75) is 157 Å². The fourth-order valence-corrected chi connectivity index (χ4v) is 10.7. The van der Waals surface area contributed by atoms with Crippen LogP contribution < -0.4 is 0 Å². The molecule has 5 heteroatoms. The molecule has 10 rings (SSSR count). The van der Waals surface area contributed by atoms with Crippen molar-refractivity contribution in [3.8, 4) is 33.4 Å². The first-order chi connectivity index (χ1) is 36.3. The van der Waals surface area contributed by atoms with E-state index in [-0.39, 0.29) is 38.3 Å². The lowest BCUT2D eigenvalue weighted by atomic mass is 9.78. The standard InChI is InChI=1S/C73H80N4O/c1-68(2,3)49-32-46(33-50(38-49)69(4,5)6)64-57-26-25-55(74-57)41-62-56(67(78)45-24-23-43-21-19-20-22-44(43)31-45)42-63(77-62)66(48-36-53(72(13,14)15)40-54(37-48)73(16,17)18)61-30-29-60(76-61)65(59-28-27-58(64)75-59)47-34-51(70(7,8)9)39-52(35-47)71(10,11)12/h19-42,74,76H,1-18H3. The van der Waals surface area contributed by atoms with Crippen molar-refractivity contribution < 1.29 is 4.79 Å². The summed E-state index contributed by atoms with van der Waals surface area (Å²) in [6, 6.07) is 46.2. The maximum absolute atomic E-state index is 15.4. The van der Waals surface area contributed by atoms with E-state index in [1.54, 1.807) is 0 Å². The van der Waals surface area contributed by atoms with Crippen LogP contribution in [0.1, 0.15) is 191 Å². The normalized spacial score (nSPS) is 13.6. The van der Waals surface area contributed by atoms with Crippen LogP contribution in [0.4, 0.5) is 0 Å². The highest BCUT2D eigenvalue weighted by Crippen LogP contribution is 2.44. The highest BCUT2D eigenvalue weighted by Gasteiger charge is 2.29. The molecule has 0 amide bonds. The van der Waals surface area contributed by atoms with Gasteiger partial charge in [-0.1, -0.05) is 216 Å². The van der Waals surface area contributed by atoms with Gasteiger partial charge in [0, 0.05) is 44.3 Å². The quantitative estimate of drug-likeness (QED) is 0.169. The third-order valence-corrected chi connectivity index (χ3v) is 15.8. The monoisotopic (exact) mass is 1030 g/mol. The van der Waals surface area contributed by atoms with E-state index in [2.05, 4.69) is 238 Å². The van der Waals surface area contributed by atoms with Gasteiger partial charge < -0.3 is 9.97 Å². The Morgan fingerprint density at radius 2 is 0.756 bits per heavy atom. The van der Waals surface area contributed by atoms with Crippen molar-refractivity contribution >= 4 is 62.4 Å². The van der Waals surface area contributed by atoms with Crippen LogP contribution in [0, 0.1) is 0 Å². The number of allylic oxidation sites excluding steroid dienone is 1. The summed E-state index contributed by atoms with van der Waals surface area (Å²) in [7, 11) is 0. The second-order valence-corrected chi connectivity index (χ2v) is 28.3. The van der Waals surface area contributed by atoms with Crippen LogP contribution in [-0.4, -0.2) is 25.7 Å². The molecule has 0 aliphatic carbocycles. The molecule has 78 heavy (non-hydrogen) atoms. The number of nitrogens with zero attached hydrogens (tertiary/aromatic N) is 2. The number of aromatic nitrogens is 4. The maximum Gasteiger partial charge on any atom is 0.195 e. The molecule has 5 heterocycles. The van der Waals surface area contributed by atoms with Gasteiger partial charge in [-0.15, -0.1) is 0 Å². The zero-order chi connectivity index (χ0) is 56.2. The van der Waals surface area contributed by atoms with Crippen LogP contribution >= 0.6 is 0 Å². The van der Waals surface area contributed by atoms with Gasteiger partial charge in [-0.25, -0.2) is 9.97 Å². The third kappa shape index (κ3) is 10.7. The molecule has 0 saturated carbocycles. The molecule has 0 unspecified atom stereocenters. The fourth-order valence-electron chi connectivity index (χ4n) is 10.7. The summed E-state index contributed by atoms with van der Waals surface area (Å²) in [5.41, 5.74) is 20.6. The highest BCUT2D eigenvalue weighted by molar-refractivity contribution is 6.33. The number of ketones is 1. The second kappa shape index (κ2) is 18.9. The smallest absolute Gasteiger partial charge is 0.195 e. The van der Waals surface area contributed by atoms with Crippen LogP contribution in [0.3, 0.4) is 0 Å². The van der Waals surface area contributed by atoms with E-state index in [9.17, 15) is 0 Å². The Balaban J connectivity index is 1.40. The molecule has 2 aliphatic heterocycles. The lowest BCUT2D eigenvalue weighted by Gasteiger charge is -2.26. The van der Waals surface area contributed by atoms with Crippen LogP contribution in [0.25, 0.3) is 90.0 Å². The first-order valence-electron chi connectivity index (χ1n) is 28.0. The third-order valence-electron chi connectivity index (χ3n) is 15.8. The number of benzene rings is 5.